The minimum absolute atomic E-state index is 0.0323. The molecule has 2 aliphatic rings. The van der Waals surface area contributed by atoms with Gasteiger partial charge in [-0.3, -0.25) is 9.59 Å². The van der Waals surface area contributed by atoms with Crippen LogP contribution in [0.25, 0.3) is 0 Å². The van der Waals surface area contributed by atoms with Gasteiger partial charge in [0.1, 0.15) is 24.3 Å². The highest BCUT2D eigenvalue weighted by atomic mass is 19.1. The van der Waals surface area contributed by atoms with E-state index in [4.69, 9.17) is 14.6 Å². The zero-order valence-electron chi connectivity index (χ0n) is 17.9. The quantitative estimate of drug-likeness (QED) is 0.649. The van der Waals surface area contributed by atoms with E-state index in [1.54, 1.807) is 30.1 Å². The van der Waals surface area contributed by atoms with Gasteiger partial charge in [-0.1, -0.05) is 12.1 Å². The Morgan fingerprint density at radius 3 is 2.73 bits per heavy atom. The molecule has 0 bridgehead atoms. The Morgan fingerprint density at radius 1 is 1.18 bits per heavy atom. The summed E-state index contributed by atoms with van der Waals surface area (Å²) in [6.07, 6.45) is 0.146. The number of urea groups is 1. The number of aliphatic carboxylic acids is 1. The number of carbonyl (C=O) groups is 3. The molecule has 1 fully saturated rings. The molecule has 2 aliphatic heterocycles. The fraction of sp³-hybridized carbons (Fsp3) is 0.348. The van der Waals surface area contributed by atoms with Crippen molar-refractivity contribution in [2.45, 2.75) is 37.5 Å². The topological polar surface area (TPSA) is 117 Å². The summed E-state index contributed by atoms with van der Waals surface area (Å²) in [5, 5.41) is 14.1. The molecule has 4 rings (SSSR count). The molecule has 1 saturated heterocycles. The third-order valence-electron chi connectivity index (χ3n) is 5.79. The van der Waals surface area contributed by atoms with Crippen molar-refractivity contribution in [2.75, 3.05) is 24.3 Å². The highest BCUT2D eigenvalue weighted by Crippen LogP contribution is 2.32. The fourth-order valence-corrected chi connectivity index (χ4v) is 4.15. The van der Waals surface area contributed by atoms with Gasteiger partial charge in [0.05, 0.1) is 29.8 Å². The summed E-state index contributed by atoms with van der Waals surface area (Å²) < 4.78 is 25.5. The van der Waals surface area contributed by atoms with E-state index < -0.39 is 30.0 Å². The van der Waals surface area contributed by atoms with Crippen LogP contribution in [0.15, 0.2) is 42.5 Å². The number of carboxylic acid groups (broad SMARTS) is 1. The highest BCUT2D eigenvalue weighted by Gasteiger charge is 2.39. The Hall–Kier alpha value is -3.66. The summed E-state index contributed by atoms with van der Waals surface area (Å²) in [4.78, 5) is 38.1. The zero-order chi connectivity index (χ0) is 23.5. The lowest BCUT2D eigenvalue weighted by Crippen LogP contribution is -2.53. The third-order valence-corrected chi connectivity index (χ3v) is 5.79. The van der Waals surface area contributed by atoms with Crippen molar-refractivity contribution in [3.05, 3.63) is 53.8 Å². The average Bonchev–Trinajstić information content (AvgIpc) is 2.78. The first-order chi connectivity index (χ1) is 15.8. The first kappa shape index (κ1) is 22.5. The van der Waals surface area contributed by atoms with Crippen LogP contribution in [0.5, 0.6) is 5.75 Å². The number of carbonyl (C=O) groups excluding carboxylic acids is 2. The number of likely N-dealkylation sites (N-methyl/N-ethyl adjacent to an activating group) is 1. The maximum atomic E-state index is 13.8. The zero-order valence-corrected chi connectivity index (χ0v) is 17.9. The summed E-state index contributed by atoms with van der Waals surface area (Å²) >= 11 is 0. The molecule has 0 aliphatic carbocycles. The molecule has 0 radical (unpaired) electrons. The molecule has 3 N–H and O–H groups in total. The van der Waals surface area contributed by atoms with Gasteiger partial charge in [-0.25, -0.2) is 9.18 Å². The largest absolute Gasteiger partial charge is 0.490 e. The van der Waals surface area contributed by atoms with Gasteiger partial charge in [0.25, 0.3) is 5.91 Å². The van der Waals surface area contributed by atoms with Crippen LogP contribution in [0, 0.1) is 5.82 Å². The first-order valence-electron chi connectivity index (χ1n) is 10.6. The van der Waals surface area contributed by atoms with E-state index in [-0.39, 0.29) is 36.2 Å². The molecule has 0 unspecified atom stereocenters. The number of ether oxygens (including phenoxy) is 2. The van der Waals surface area contributed by atoms with Crippen molar-refractivity contribution in [3.8, 4) is 5.75 Å². The molecule has 3 atom stereocenters. The van der Waals surface area contributed by atoms with Crippen LogP contribution < -0.4 is 15.4 Å². The molecule has 2 aromatic rings. The second-order valence-electron chi connectivity index (χ2n) is 8.04. The van der Waals surface area contributed by atoms with E-state index in [1.165, 1.54) is 24.3 Å². The number of benzene rings is 2. The highest BCUT2D eigenvalue weighted by molar-refractivity contribution is 6.02. The Bertz CT molecular complexity index is 1080. The minimum atomic E-state index is -0.931. The van der Waals surface area contributed by atoms with Gasteiger partial charge in [-0.2, -0.15) is 0 Å². The molecule has 33 heavy (non-hydrogen) atoms. The Balaban J connectivity index is 1.49. The summed E-state index contributed by atoms with van der Waals surface area (Å²) in [6, 6.07) is 9.51. The number of fused-ring (bicyclic) bond motifs is 2. The number of hydrogen-bond donors (Lipinski definition) is 3. The molecule has 0 saturated carbocycles. The van der Waals surface area contributed by atoms with Crippen molar-refractivity contribution >= 4 is 29.3 Å². The van der Waals surface area contributed by atoms with Crippen LogP contribution in [0.3, 0.4) is 0 Å². The molecular formula is C23H24FN3O6. The number of nitrogens with zero attached hydrogens (tertiary/aromatic N) is 1. The number of anilines is 2. The molecular weight excluding hydrogens is 433 g/mol. The third kappa shape index (κ3) is 5.06. The maximum absolute atomic E-state index is 13.8. The lowest BCUT2D eigenvalue weighted by molar-refractivity contribution is -0.148. The Labute approximate surface area is 189 Å². The lowest BCUT2D eigenvalue weighted by Gasteiger charge is -2.42. The maximum Gasteiger partial charge on any atom is 0.323 e. The normalized spacial score (nSPS) is 22.2. The predicted octanol–water partition coefficient (Wildman–Crippen LogP) is 3.33. The van der Waals surface area contributed by atoms with Gasteiger partial charge in [0.2, 0.25) is 0 Å². The van der Waals surface area contributed by atoms with Crippen LogP contribution in [0.1, 0.15) is 29.6 Å². The number of carboxylic acids is 1. The monoisotopic (exact) mass is 457 g/mol. The van der Waals surface area contributed by atoms with E-state index in [0.29, 0.717) is 24.3 Å². The van der Waals surface area contributed by atoms with Crippen molar-refractivity contribution in [2.24, 2.45) is 0 Å². The number of amides is 3. The van der Waals surface area contributed by atoms with Gasteiger partial charge in [0, 0.05) is 12.7 Å². The van der Waals surface area contributed by atoms with Gasteiger partial charge >= 0.3 is 12.0 Å². The lowest BCUT2D eigenvalue weighted by atomic mass is 9.94. The standard InChI is InChI=1S/C23H24FN3O6/c1-27-18-8-7-14(11-21(28)29)33-20(18)12-32-19-9-6-13(10-15(19)22(27)30)25-23(31)26-17-5-3-2-4-16(17)24/h2-6,9-10,14,18,20H,7-8,11-12H2,1H3,(H,28,29)(H2,25,26,31)/t14-,18+,20+/m1/s1. The van der Waals surface area contributed by atoms with Gasteiger partial charge in [-0.05, 0) is 43.2 Å². The summed E-state index contributed by atoms with van der Waals surface area (Å²) in [7, 11) is 1.67. The average molecular weight is 457 g/mol. The van der Waals surface area contributed by atoms with Crippen LogP contribution in [0.2, 0.25) is 0 Å². The van der Waals surface area contributed by atoms with E-state index in [1.807, 2.05) is 0 Å². The molecule has 2 heterocycles. The SMILES string of the molecule is CN1C(=O)c2cc(NC(=O)Nc3ccccc3F)ccc2OC[C@@H]2O[C@@H](CC(=O)O)CC[C@@H]21. The number of nitrogens with one attached hydrogen (secondary N) is 2. The smallest absolute Gasteiger partial charge is 0.323 e. The predicted molar refractivity (Wildman–Crippen MR) is 117 cm³/mol. The number of hydrogen-bond acceptors (Lipinski definition) is 5. The molecule has 0 spiro atoms. The summed E-state index contributed by atoms with van der Waals surface area (Å²) in [5.74, 6) is -1.47. The second kappa shape index (κ2) is 9.45. The van der Waals surface area contributed by atoms with Crippen molar-refractivity contribution in [1.29, 1.82) is 0 Å². The van der Waals surface area contributed by atoms with Crippen LogP contribution in [-0.2, 0) is 9.53 Å². The number of rotatable bonds is 4. The van der Waals surface area contributed by atoms with Gasteiger partial charge < -0.3 is 30.1 Å². The minimum Gasteiger partial charge on any atom is -0.490 e. The second-order valence-corrected chi connectivity index (χ2v) is 8.04. The van der Waals surface area contributed by atoms with E-state index >= 15 is 0 Å². The van der Waals surface area contributed by atoms with Gasteiger partial charge in [-0.15, -0.1) is 0 Å². The molecule has 2 aromatic carbocycles. The number of halogens is 1. The van der Waals surface area contributed by atoms with Crippen molar-refractivity contribution < 1.29 is 33.4 Å². The van der Waals surface area contributed by atoms with Crippen molar-refractivity contribution in [3.63, 3.8) is 0 Å². The molecule has 9 nitrogen and oxygen atoms in total. The van der Waals surface area contributed by atoms with E-state index in [9.17, 15) is 18.8 Å². The summed E-state index contributed by atoms with van der Waals surface area (Å²) in [6.45, 7) is 0.159. The van der Waals surface area contributed by atoms with Gasteiger partial charge in [0.15, 0.2) is 0 Å². The first-order valence-corrected chi connectivity index (χ1v) is 10.6. The Morgan fingerprint density at radius 2 is 1.97 bits per heavy atom. The number of para-hydroxylation sites is 1. The molecule has 0 aromatic heterocycles. The van der Waals surface area contributed by atoms with Crippen LogP contribution in [0.4, 0.5) is 20.6 Å². The van der Waals surface area contributed by atoms with Crippen molar-refractivity contribution in [1.82, 2.24) is 4.90 Å². The van der Waals surface area contributed by atoms with E-state index in [2.05, 4.69) is 10.6 Å². The van der Waals surface area contributed by atoms with E-state index in [0.717, 1.165) is 0 Å². The molecule has 10 heteroatoms. The molecule has 3 amide bonds. The van der Waals surface area contributed by atoms with Crippen LogP contribution in [-0.4, -0.2) is 59.8 Å². The Kier molecular flexibility index (Phi) is 6.45. The van der Waals surface area contributed by atoms with Crippen LogP contribution >= 0.6 is 0 Å². The summed E-state index contributed by atoms with van der Waals surface area (Å²) in [5.41, 5.74) is 0.642. The molecule has 174 valence electrons. The fourth-order valence-electron chi connectivity index (χ4n) is 4.15.